The molecule has 0 atom stereocenters. The highest BCUT2D eigenvalue weighted by Gasteiger charge is 2.37. The minimum atomic E-state index is -1.82. The van der Waals surface area contributed by atoms with Crippen LogP contribution in [0.2, 0.25) is 18.1 Å². The SMILES string of the molecule is CC(=O)Oc1cc(C)ccc1C(=O)Oc1ccc(CO[Si](C)(C)C(C)(C)C)cc1. The number of rotatable bonds is 6. The molecule has 0 saturated carbocycles. The molecule has 0 saturated heterocycles. The Bertz CT molecular complexity index is 879. The van der Waals surface area contributed by atoms with Gasteiger partial charge in [-0.25, -0.2) is 4.79 Å². The zero-order valence-electron chi connectivity index (χ0n) is 18.3. The summed E-state index contributed by atoms with van der Waals surface area (Å²) in [5, 5.41) is 0.149. The minimum absolute atomic E-state index is 0.149. The standard InChI is InChI=1S/C23H30O5Si/c1-16-8-13-20(21(14-16)27-17(2)24)22(25)28-19-11-9-18(10-12-19)15-26-29(6,7)23(3,4)5/h8-14H,15H2,1-7H3. The van der Waals surface area contributed by atoms with Gasteiger partial charge in [-0.15, -0.1) is 0 Å². The van der Waals surface area contributed by atoms with E-state index in [9.17, 15) is 9.59 Å². The molecule has 0 amide bonds. The number of hydrogen-bond acceptors (Lipinski definition) is 5. The van der Waals surface area contributed by atoms with E-state index in [-0.39, 0.29) is 16.4 Å². The molecule has 0 aromatic heterocycles. The molecule has 0 aliphatic heterocycles. The molecule has 0 aliphatic rings. The van der Waals surface area contributed by atoms with Crippen LogP contribution in [0.3, 0.4) is 0 Å². The Balaban J connectivity index is 2.07. The maximum absolute atomic E-state index is 12.5. The molecular weight excluding hydrogens is 384 g/mol. The summed E-state index contributed by atoms with van der Waals surface area (Å²) in [6, 6.07) is 12.3. The van der Waals surface area contributed by atoms with Gasteiger partial charge in [0.05, 0.1) is 6.61 Å². The molecule has 156 valence electrons. The average Bonchev–Trinajstić information content (AvgIpc) is 2.59. The van der Waals surface area contributed by atoms with Gasteiger partial charge in [0, 0.05) is 6.92 Å². The normalized spacial score (nSPS) is 11.8. The Morgan fingerprint density at radius 1 is 0.966 bits per heavy atom. The first kappa shape index (κ1) is 22.8. The highest BCUT2D eigenvalue weighted by Crippen LogP contribution is 2.37. The van der Waals surface area contributed by atoms with Gasteiger partial charge >= 0.3 is 11.9 Å². The molecule has 0 bridgehead atoms. The molecule has 0 radical (unpaired) electrons. The number of carbonyl (C=O) groups is 2. The molecule has 0 heterocycles. The number of aryl methyl sites for hydroxylation is 1. The molecular formula is C23H30O5Si. The van der Waals surface area contributed by atoms with E-state index >= 15 is 0 Å². The first-order valence-electron chi connectivity index (χ1n) is 9.63. The van der Waals surface area contributed by atoms with Crippen LogP contribution >= 0.6 is 0 Å². The number of ether oxygens (including phenoxy) is 2. The number of carbonyl (C=O) groups excluding carboxylic acids is 2. The molecule has 2 aromatic carbocycles. The van der Waals surface area contributed by atoms with Crippen LogP contribution in [0.15, 0.2) is 42.5 Å². The third kappa shape index (κ3) is 6.27. The van der Waals surface area contributed by atoms with Crippen molar-refractivity contribution in [1.82, 2.24) is 0 Å². The highest BCUT2D eigenvalue weighted by atomic mass is 28.4. The summed E-state index contributed by atoms with van der Waals surface area (Å²) in [7, 11) is -1.82. The number of esters is 2. The zero-order valence-corrected chi connectivity index (χ0v) is 19.3. The fourth-order valence-electron chi connectivity index (χ4n) is 2.33. The van der Waals surface area contributed by atoms with Crippen molar-refractivity contribution in [1.29, 1.82) is 0 Å². The summed E-state index contributed by atoms with van der Waals surface area (Å²) >= 11 is 0. The van der Waals surface area contributed by atoms with Gasteiger partial charge in [-0.1, -0.05) is 39.0 Å². The van der Waals surface area contributed by atoms with E-state index in [1.54, 1.807) is 30.3 Å². The lowest BCUT2D eigenvalue weighted by molar-refractivity contribution is -0.131. The Hall–Kier alpha value is -2.44. The summed E-state index contributed by atoms with van der Waals surface area (Å²) < 4.78 is 16.8. The molecule has 0 fully saturated rings. The second-order valence-electron chi connectivity index (χ2n) is 8.68. The Morgan fingerprint density at radius 3 is 2.14 bits per heavy atom. The van der Waals surface area contributed by atoms with E-state index in [0.29, 0.717) is 12.4 Å². The van der Waals surface area contributed by atoms with Crippen LogP contribution in [0.1, 0.15) is 49.2 Å². The molecule has 5 nitrogen and oxygen atoms in total. The smallest absolute Gasteiger partial charge is 0.347 e. The molecule has 0 unspecified atom stereocenters. The van der Waals surface area contributed by atoms with E-state index < -0.39 is 20.3 Å². The van der Waals surface area contributed by atoms with Gasteiger partial charge in [-0.3, -0.25) is 4.79 Å². The Labute approximate surface area is 174 Å². The van der Waals surface area contributed by atoms with Gasteiger partial charge in [0.2, 0.25) is 0 Å². The van der Waals surface area contributed by atoms with Crippen LogP contribution in [0.25, 0.3) is 0 Å². The highest BCUT2D eigenvalue weighted by molar-refractivity contribution is 6.74. The number of hydrogen-bond donors (Lipinski definition) is 0. The predicted octanol–water partition coefficient (Wildman–Crippen LogP) is 5.66. The largest absolute Gasteiger partial charge is 0.426 e. The molecule has 6 heteroatoms. The minimum Gasteiger partial charge on any atom is -0.426 e. The molecule has 2 rings (SSSR count). The van der Waals surface area contributed by atoms with Crippen molar-refractivity contribution < 1.29 is 23.5 Å². The first-order valence-corrected chi connectivity index (χ1v) is 12.5. The van der Waals surface area contributed by atoms with Crippen molar-refractivity contribution in [2.45, 2.75) is 59.4 Å². The lowest BCUT2D eigenvalue weighted by Gasteiger charge is -2.36. The van der Waals surface area contributed by atoms with E-state index in [1.807, 2.05) is 19.1 Å². The fourth-order valence-corrected chi connectivity index (χ4v) is 3.29. The lowest BCUT2D eigenvalue weighted by Crippen LogP contribution is -2.40. The fraction of sp³-hybridized carbons (Fsp3) is 0.391. The van der Waals surface area contributed by atoms with Crippen molar-refractivity contribution in [2.24, 2.45) is 0 Å². The topological polar surface area (TPSA) is 61.8 Å². The van der Waals surface area contributed by atoms with Gasteiger partial charge in [0.15, 0.2) is 8.32 Å². The van der Waals surface area contributed by atoms with Crippen molar-refractivity contribution in [3.8, 4) is 11.5 Å². The van der Waals surface area contributed by atoms with E-state index in [2.05, 4.69) is 33.9 Å². The molecule has 0 spiro atoms. The van der Waals surface area contributed by atoms with Crippen LogP contribution in [-0.4, -0.2) is 20.3 Å². The van der Waals surface area contributed by atoms with E-state index in [0.717, 1.165) is 11.1 Å². The van der Waals surface area contributed by atoms with Gasteiger partial charge in [0.1, 0.15) is 17.1 Å². The van der Waals surface area contributed by atoms with Gasteiger partial charge in [-0.2, -0.15) is 0 Å². The zero-order chi connectivity index (χ0) is 21.8. The maximum Gasteiger partial charge on any atom is 0.347 e. The summed E-state index contributed by atoms with van der Waals surface area (Å²) in [5.74, 6) is -0.454. The van der Waals surface area contributed by atoms with Crippen LogP contribution in [0.5, 0.6) is 11.5 Å². The summed E-state index contributed by atoms with van der Waals surface area (Å²) in [6.45, 7) is 14.7. The second-order valence-corrected chi connectivity index (χ2v) is 13.5. The van der Waals surface area contributed by atoms with E-state index in [1.165, 1.54) is 6.92 Å². The predicted molar refractivity (Wildman–Crippen MR) is 116 cm³/mol. The Morgan fingerprint density at radius 2 is 1.59 bits per heavy atom. The van der Waals surface area contributed by atoms with Gasteiger partial charge < -0.3 is 13.9 Å². The summed E-state index contributed by atoms with van der Waals surface area (Å²) in [5.41, 5.74) is 2.10. The Kier molecular flexibility index (Phi) is 7.03. The summed E-state index contributed by atoms with van der Waals surface area (Å²) in [4.78, 5) is 23.9. The average molecular weight is 415 g/mol. The molecule has 29 heavy (non-hydrogen) atoms. The first-order chi connectivity index (χ1) is 13.4. The van der Waals surface area contributed by atoms with Crippen molar-refractivity contribution in [3.05, 3.63) is 59.2 Å². The molecule has 0 N–H and O–H groups in total. The van der Waals surface area contributed by atoms with E-state index in [4.69, 9.17) is 13.9 Å². The van der Waals surface area contributed by atoms with Gasteiger partial charge in [-0.05, 0) is 60.4 Å². The third-order valence-corrected chi connectivity index (χ3v) is 9.63. The van der Waals surface area contributed by atoms with Crippen molar-refractivity contribution in [2.75, 3.05) is 0 Å². The molecule has 0 aliphatic carbocycles. The summed E-state index contributed by atoms with van der Waals surface area (Å²) in [6.07, 6.45) is 0. The van der Waals surface area contributed by atoms with Crippen LogP contribution in [0.4, 0.5) is 0 Å². The van der Waals surface area contributed by atoms with Crippen LogP contribution in [0, 0.1) is 6.92 Å². The monoisotopic (exact) mass is 414 g/mol. The second kappa shape index (κ2) is 8.92. The lowest BCUT2D eigenvalue weighted by atomic mass is 10.1. The van der Waals surface area contributed by atoms with Crippen LogP contribution in [-0.2, 0) is 15.8 Å². The van der Waals surface area contributed by atoms with Gasteiger partial charge in [0.25, 0.3) is 0 Å². The molecule has 2 aromatic rings. The third-order valence-electron chi connectivity index (χ3n) is 5.15. The van der Waals surface area contributed by atoms with Crippen LogP contribution < -0.4 is 9.47 Å². The van der Waals surface area contributed by atoms with Crippen molar-refractivity contribution in [3.63, 3.8) is 0 Å². The van der Waals surface area contributed by atoms with Crippen molar-refractivity contribution >= 4 is 20.3 Å². The quantitative estimate of drug-likeness (QED) is 0.347. The number of benzene rings is 2. The maximum atomic E-state index is 12.5.